The summed E-state index contributed by atoms with van der Waals surface area (Å²) in [6.45, 7) is 7.37. The SMILES string of the molecule is CCCCCCCCCCCC[N+]12CCC(CC1)[C@H](O)C2. The number of hydrogen-bond acceptors (Lipinski definition) is 1. The van der Waals surface area contributed by atoms with E-state index in [4.69, 9.17) is 0 Å². The molecule has 0 aliphatic carbocycles. The van der Waals surface area contributed by atoms with Crippen LogP contribution in [0.15, 0.2) is 0 Å². The molecule has 0 unspecified atom stereocenters. The van der Waals surface area contributed by atoms with Gasteiger partial charge in [-0.1, -0.05) is 58.3 Å². The fourth-order valence-electron chi connectivity index (χ4n) is 4.50. The van der Waals surface area contributed by atoms with E-state index >= 15 is 0 Å². The molecule has 0 aromatic rings. The van der Waals surface area contributed by atoms with Gasteiger partial charge in [0.1, 0.15) is 12.6 Å². The van der Waals surface area contributed by atoms with E-state index in [2.05, 4.69) is 6.92 Å². The lowest BCUT2D eigenvalue weighted by Gasteiger charge is -2.51. The second-order valence-electron chi connectivity index (χ2n) is 7.78. The molecule has 0 radical (unpaired) electrons. The van der Waals surface area contributed by atoms with Crippen molar-refractivity contribution in [1.82, 2.24) is 0 Å². The van der Waals surface area contributed by atoms with Crippen molar-refractivity contribution in [3.8, 4) is 0 Å². The molecular formula is C19H38NO+. The van der Waals surface area contributed by atoms with Gasteiger partial charge < -0.3 is 9.59 Å². The van der Waals surface area contributed by atoms with Gasteiger partial charge in [-0.2, -0.15) is 0 Å². The molecular weight excluding hydrogens is 258 g/mol. The molecule has 0 saturated carbocycles. The lowest BCUT2D eigenvalue weighted by Crippen LogP contribution is -2.63. The van der Waals surface area contributed by atoms with Gasteiger partial charge in [0.05, 0.1) is 19.6 Å². The zero-order valence-corrected chi connectivity index (χ0v) is 14.4. The Kier molecular flexibility index (Phi) is 7.53. The van der Waals surface area contributed by atoms with Gasteiger partial charge in [0.15, 0.2) is 0 Å². The first-order valence-electron chi connectivity index (χ1n) is 9.79. The number of hydrogen-bond donors (Lipinski definition) is 1. The first-order chi connectivity index (χ1) is 10.3. The predicted octanol–water partition coefficient (Wildman–Crippen LogP) is 4.51. The largest absolute Gasteiger partial charge is 0.387 e. The third-order valence-corrected chi connectivity index (χ3v) is 6.05. The Morgan fingerprint density at radius 1 is 0.810 bits per heavy atom. The fourth-order valence-corrected chi connectivity index (χ4v) is 4.50. The Labute approximate surface area is 132 Å². The van der Waals surface area contributed by atoms with E-state index in [1.54, 1.807) is 0 Å². The third-order valence-electron chi connectivity index (χ3n) is 6.05. The number of piperidine rings is 3. The van der Waals surface area contributed by atoms with Crippen LogP contribution >= 0.6 is 0 Å². The van der Waals surface area contributed by atoms with Gasteiger partial charge in [-0.25, -0.2) is 0 Å². The van der Waals surface area contributed by atoms with E-state index in [-0.39, 0.29) is 6.10 Å². The molecule has 3 aliphatic heterocycles. The molecule has 2 bridgehead atoms. The van der Waals surface area contributed by atoms with Crippen LogP contribution in [0.1, 0.15) is 84.0 Å². The van der Waals surface area contributed by atoms with Gasteiger partial charge in [0.25, 0.3) is 0 Å². The van der Waals surface area contributed by atoms with Crippen molar-refractivity contribution in [2.45, 2.75) is 90.1 Å². The first-order valence-corrected chi connectivity index (χ1v) is 9.79. The lowest BCUT2D eigenvalue weighted by atomic mass is 9.83. The molecule has 2 heteroatoms. The molecule has 0 aromatic heterocycles. The van der Waals surface area contributed by atoms with Crippen molar-refractivity contribution >= 4 is 0 Å². The van der Waals surface area contributed by atoms with Crippen LogP contribution in [-0.2, 0) is 0 Å². The molecule has 124 valence electrons. The summed E-state index contributed by atoms with van der Waals surface area (Å²) in [5.41, 5.74) is 0. The second-order valence-corrected chi connectivity index (χ2v) is 7.78. The highest BCUT2D eigenvalue weighted by atomic mass is 16.3. The number of aliphatic hydroxyl groups is 1. The van der Waals surface area contributed by atoms with Crippen molar-refractivity contribution in [3.63, 3.8) is 0 Å². The molecule has 0 aromatic carbocycles. The number of unbranched alkanes of at least 4 members (excludes halogenated alkanes) is 9. The number of quaternary nitrogens is 1. The number of nitrogens with zero attached hydrogens (tertiary/aromatic N) is 1. The lowest BCUT2D eigenvalue weighted by molar-refractivity contribution is -0.946. The summed E-state index contributed by atoms with van der Waals surface area (Å²) in [4.78, 5) is 0. The predicted molar refractivity (Wildman–Crippen MR) is 90.3 cm³/mol. The first kappa shape index (κ1) is 17.3. The summed E-state index contributed by atoms with van der Waals surface area (Å²) in [5.74, 6) is 0.637. The Bertz CT molecular complexity index is 271. The van der Waals surface area contributed by atoms with E-state index in [0.29, 0.717) is 5.92 Å². The van der Waals surface area contributed by atoms with E-state index in [0.717, 1.165) is 6.54 Å². The fraction of sp³-hybridized carbons (Fsp3) is 1.00. The quantitative estimate of drug-likeness (QED) is 0.439. The molecule has 2 nitrogen and oxygen atoms in total. The maximum absolute atomic E-state index is 10.1. The summed E-state index contributed by atoms with van der Waals surface area (Å²) in [6.07, 6.45) is 16.8. The zero-order chi connectivity index (χ0) is 15.0. The molecule has 1 N–H and O–H groups in total. The molecule has 0 amide bonds. The van der Waals surface area contributed by atoms with E-state index in [9.17, 15) is 5.11 Å². The second kappa shape index (κ2) is 9.15. The summed E-state index contributed by atoms with van der Waals surface area (Å²) in [7, 11) is 0. The summed E-state index contributed by atoms with van der Waals surface area (Å²) in [6, 6.07) is 0. The summed E-state index contributed by atoms with van der Waals surface area (Å²) >= 11 is 0. The minimum atomic E-state index is 0.00983. The van der Waals surface area contributed by atoms with Crippen LogP contribution in [0.2, 0.25) is 0 Å². The van der Waals surface area contributed by atoms with Crippen LogP contribution in [-0.4, -0.2) is 41.9 Å². The molecule has 3 rings (SSSR count). The average Bonchev–Trinajstić information content (AvgIpc) is 2.50. The Morgan fingerprint density at radius 2 is 1.33 bits per heavy atom. The van der Waals surface area contributed by atoms with Gasteiger partial charge in [-0.05, 0) is 12.8 Å². The van der Waals surface area contributed by atoms with Crippen LogP contribution in [0.5, 0.6) is 0 Å². The number of aliphatic hydroxyl groups excluding tert-OH is 1. The van der Waals surface area contributed by atoms with E-state index in [1.165, 1.54) is 101 Å². The smallest absolute Gasteiger partial charge is 0.106 e. The normalized spacial score (nSPS) is 31.7. The van der Waals surface area contributed by atoms with Crippen LogP contribution in [0.25, 0.3) is 0 Å². The van der Waals surface area contributed by atoms with Crippen LogP contribution in [0.4, 0.5) is 0 Å². The summed E-state index contributed by atoms with van der Waals surface area (Å²) in [5, 5.41) is 10.1. The maximum Gasteiger partial charge on any atom is 0.106 e. The van der Waals surface area contributed by atoms with Crippen molar-refractivity contribution in [2.75, 3.05) is 26.2 Å². The molecule has 3 fully saturated rings. The standard InChI is InChI=1S/C19H38NO/c1-2-3-4-5-6-7-8-9-10-11-14-20-15-12-18(13-16-20)19(21)17-20/h18-19,21H,2-17H2,1H3/q+1/t18?,19-,20?/m1/s1. The monoisotopic (exact) mass is 296 g/mol. The van der Waals surface area contributed by atoms with Gasteiger partial charge in [-0.15, -0.1) is 0 Å². The number of fused-ring (bicyclic) bond motifs is 3. The maximum atomic E-state index is 10.1. The molecule has 21 heavy (non-hydrogen) atoms. The molecule has 1 atom stereocenters. The molecule has 3 saturated heterocycles. The molecule has 3 aliphatic rings. The van der Waals surface area contributed by atoms with Gasteiger partial charge in [-0.3, -0.25) is 0 Å². The third kappa shape index (κ3) is 5.56. The van der Waals surface area contributed by atoms with Crippen LogP contribution < -0.4 is 0 Å². The van der Waals surface area contributed by atoms with Crippen LogP contribution in [0, 0.1) is 5.92 Å². The van der Waals surface area contributed by atoms with Crippen molar-refractivity contribution in [1.29, 1.82) is 0 Å². The highest BCUT2D eigenvalue weighted by Crippen LogP contribution is 2.34. The Hall–Kier alpha value is -0.0800. The van der Waals surface area contributed by atoms with Crippen molar-refractivity contribution in [3.05, 3.63) is 0 Å². The topological polar surface area (TPSA) is 20.2 Å². The van der Waals surface area contributed by atoms with Gasteiger partial charge >= 0.3 is 0 Å². The minimum absolute atomic E-state index is 0.00983. The van der Waals surface area contributed by atoms with E-state index < -0.39 is 0 Å². The zero-order valence-electron chi connectivity index (χ0n) is 14.4. The summed E-state index contributed by atoms with van der Waals surface area (Å²) < 4.78 is 1.24. The number of rotatable bonds is 11. The average molecular weight is 297 g/mol. The van der Waals surface area contributed by atoms with Gasteiger partial charge in [0, 0.05) is 18.8 Å². The van der Waals surface area contributed by atoms with Crippen LogP contribution in [0.3, 0.4) is 0 Å². The molecule has 3 heterocycles. The highest BCUT2D eigenvalue weighted by molar-refractivity contribution is 4.79. The minimum Gasteiger partial charge on any atom is -0.387 e. The molecule has 0 spiro atoms. The Balaban J connectivity index is 1.45. The van der Waals surface area contributed by atoms with E-state index in [1.807, 2.05) is 0 Å². The Morgan fingerprint density at radius 3 is 1.86 bits per heavy atom. The van der Waals surface area contributed by atoms with Crippen molar-refractivity contribution in [2.24, 2.45) is 5.92 Å². The van der Waals surface area contributed by atoms with Crippen molar-refractivity contribution < 1.29 is 9.59 Å². The highest BCUT2D eigenvalue weighted by Gasteiger charge is 2.44. The van der Waals surface area contributed by atoms with Gasteiger partial charge in [0.2, 0.25) is 0 Å².